The zero-order valence-corrected chi connectivity index (χ0v) is 9.48. The van der Waals surface area contributed by atoms with Gasteiger partial charge in [0.2, 0.25) is 0 Å². The number of fused-ring (bicyclic) bond motifs is 1. The minimum Gasteiger partial charge on any atom is -0.480 e. The highest BCUT2D eigenvalue weighted by atomic mass is 16.5. The zero-order valence-electron chi connectivity index (χ0n) is 9.48. The van der Waals surface area contributed by atoms with Gasteiger partial charge in [-0.2, -0.15) is 0 Å². The number of ether oxygens (including phenoxy) is 1. The van der Waals surface area contributed by atoms with Crippen LogP contribution in [-0.2, 0) is 9.53 Å². The van der Waals surface area contributed by atoms with Crippen molar-refractivity contribution in [3.8, 4) is 0 Å². The van der Waals surface area contributed by atoms with E-state index >= 15 is 0 Å². The molecule has 2 rings (SSSR count). The molecule has 90 valence electrons. The fraction of sp³-hybridized carbons (Fsp3) is 0.900. The van der Waals surface area contributed by atoms with Gasteiger partial charge in [0.25, 0.3) is 6.92 Å². The Bertz CT molecular complexity index is 286. The van der Waals surface area contributed by atoms with Crippen molar-refractivity contribution in [1.29, 1.82) is 0 Å². The Morgan fingerprint density at radius 3 is 2.94 bits per heavy atom. The van der Waals surface area contributed by atoms with Gasteiger partial charge in [0.15, 0.2) is 0 Å². The van der Waals surface area contributed by atoms with Crippen LogP contribution in [0.3, 0.4) is 0 Å². The summed E-state index contributed by atoms with van der Waals surface area (Å²) < 4.78 is 5.41. The third kappa shape index (κ3) is 1.85. The van der Waals surface area contributed by atoms with Crippen LogP contribution in [0.15, 0.2) is 0 Å². The molecule has 0 aromatic rings. The lowest BCUT2D eigenvalue weighted by Gasteiger charge is -2.46. The quantitative estimate of drug-likeness (QED) is 0.568. The van der Waals surface area contributed by atoms with E-state index in [1.54, 1.807) is 6.82 Å². The van der Waals surface area contributed by atoms with Crippen LogP contribution in [-0.4, -0.2) is 48.3 Å². The number of hydrogen-bond acceptors (Lipinski definition) is 4. The molecule has 0 spiro atoms. The molecule has 0 unspecified atom stereocenters. The maximum Gasteiger partial charge on any atom is 0.321 e. The van der Waals surface area contributed by atoms with Crippen molar-refractivity contribution in [2.45, 2.75) is 38.1 Å². The first-order valence-electron chi connectivity index (χ1n) is 5.82. The maximum absolute atomic E-state index is 11.1. The standard InChI is InChI=1S/C10H18BNO4/c1-11(15)4-2-3-10-6-16-7(10)5-12-8(10)9(13)14/h7-8,12,15H,2-6H2,1H3,(H,13,14)/t7-,8+,10-/m0/s1. The second-order valence-corrected chi connectivity index (χ2v) is 4.95. The number of aliphatic carboxylic acids is 1. The highest BCUT2D eigenvalue weighted by Gasteiger charge is 2.59. The minimum atomic E-state index is -0.789. The van der Waals surface area contributed by atoms with E-state index in [4.69, 9.17) is 9.84 Å². The lowest BCUT2D eigenvalue weighted by atomic mass is 9.63. The highest BCUT2D eigenvalue weighted by molar-refractivity contribution is 6.48. The molecule has 0 aromatic carbocycles. The third-order valence-corrected chi connectivity index (χ3v) is 3.79. The minimum absolute atomic E-state index is 0.0441. The van der Waals surface area contributed by atoms with Gasteiger partial charge in [0.05, 0.1) is 12.7 Å². The molecule has 3 N–H and O–H groups in total. The summed E-state index contributed by atoms with van der Waals surface area (Å²) in [5.74, 6) is -0.789. The molecule has 2 saturated heterocycles. The van der Waals surface area contributed by atoms with Crippen molar-refractivity contribution in [3.05, 3.63) is 0 Å². The fourth-order valence-corrected chi connectivity index (χ4v) is 2.81. The van der Waals surface area contributed by atoms with E-state index in [1.165, 1.54) is 0 Å². The maximum atomic E-state index is 11.1. The summed E-state index contributed by atoms with van der Waals surface area (Å²) in [6.45, 7) is 2.61. The first kappa shape index (κ1) is 11.9. The molecule has 0 aromatic heterocycles. The molecule has 0 saturated carbocycles. The van der Waals surface area contributed by atoms with E-state index in [0.29, 0.717) is 13.2 Å². The summed E-state index contributed by atoms with van der Waals surface area (Å²) >= 11 is 0. The number of carbonyl (C=O) groups is 1. The predicted octanol–water partition coefficient (Wildman–Crippen LogP) is -0.178. The van der Waals surface area contributed by atoms with Crippen molar-refractivity contribution >= 4 is 12.9 Å². The van der Waals surface area contributed by atoms with Gasteiger partial charge in [-0.05, 0) is 12.7 Å². The Labute approximate surface area is 95.3 Å². The van der Waals surface area contributed by atoms with Gasteiger partial charge >= 0.3 is 5.97 Å². The summed E-state index contributed by atoms with van der Waals surface area (Å²) in [7, 11) is 0. The molecule has 2 aliphatic heterocycles. The molecule has 2 fully saturated rings. The largest absolute Gasteiger partial charge is 0.480 e. The van der Waals surface area contributed by atoms with Crippen LogP contribution in [0.1, 0.15) is 12.8 Å². The number of carboxylic acids is 1. The molecule has 5 nitrogen and oxygen atoms in total. The van der Waals surface area contributed by atoms with Crippen LogP contribution in [0.4, 0.5) is 0 Å². The highest BCUT2D eigenvalue weighted by Crippen LogP contribution is 2.46. The lowest BCUT2D eigenvalue weighted by Crippen LogP contribution is -2.57. The Kier molecular flexibility index (Phi) is 3.23. The van der Waals surface area contributed by atoms with Crippen molar-refractivity contribution < 1.29 is 19.7 Å². The summed E-state index contributed by atoms with van der Waals surface area (Å²) in [4.78, 5) is 11.1. The van der Waals surface area contributed by atoms with E-state index in [2.05, 4.69) is 5.32 Å². The summed E-state index contributed by atoms with van der Waals surface area (Å²) in [5.41, 5.74) is -0.235. The van der Waals surface area contributed by atoms with E-state index in [9.17, 15) is 9.82 Å². The van der Waals surface area contributed by atoms with E-state index in [0.717, 1.165) is 19.2 Å². The average Bonchev–Trinajstić information content (AvgIpc) is 2.40. The predicted molar refractivity (Wildman–Crippen MR) is 59.5 cm³/mol. The van der Waals surface area contributed by atoms with Gasteiger partial charge in [-0.1, -0.05) is 13.2 Å². The summed E-state index contributed by atoms with van der Waals surface area (Å²) in [6.07, 6.45) is 2.43. The summed E-state index contributed by atoms with van der Waals surface area (Å²) in [6, 6.07) is -0.486. The molecule has 2 heterocycles. The van der Waals surface area contributed by atoms with Crippen molar-refractivity contribution in [3.63, 3.8) is 0 Å². The first-order chi connectivity index (χ1) is 7.56. The molecular formula is C10H18BNO4. The van der Waals surface area contributed by atoms with Crippen LogP contribution < -0.4 is 5.32 Å². The van der Waals surface area contributed by atoms with Gasteiger partial charge < -0.3 is 20.2 Å². The molecule has 2 aliphatic rings. The molecule has 0 amide bonds. The third-order valence-electron chi connectivity index (χ3n) is 3.79. The van der Waals surface area contributed by atoms with Gasteiger partial charge in [-0.25, -0.2) is 0 Å². The van der Waals surface area contributed by atoms with E-state index < -0.39 is 12.0 Å². The van der Waals surface area contributed by atoms with Gasteiger partial charge in [-0.15, -0.1) is 0 Å². The van der Waals surface area contributed by atoms with Crippen molar-refractivity contribution in [1.82, 2.24) is 5.32 Å². The molecule has 6 heteroatoms. The Balaban J connectivity index is 1.95. The van der Waals surface area contributed by atoms with Crippen LogP contribution in [0.5, 0.6) is 0 Å². The van der Waals surface area contributed by atoms with Crippen LogP contribution >= 0.6 is 0 Å². The monoisotopic (exact) mass is 227 g/mol. The van der Waals surface area contributed by atoms with Crippen LogP contribution in [0.2, 0.25) is 13.1 Å². The van der Waals surface area contributed by atoms with Crippen LogP contribution in [0, 0.1) is 5.41 Å². The SMILES string of the molecule is CB(O)CCC[C@]12CO[C@H]1CN[C@@H]2C(=O)O. The molecule has 3 atom stereocenters. The van der Waals surface area contributed by atoms with Crippen molar-refractivity contribution in [2.75, 3.05) is 13.2 Å². The number of rotatable bonds is 5. The fourth-order valence-electron chi connectivity index (χ4n) is 2.81. The normalized spacial score (nSPS) is 36.6. The first-order valence-corrected chi connectivity index (χ1v) is 5.82. The molecule has 0 radical (unpaired) electrons. The average molecular weight is 227 g/mol. The number of hydrogen-bond donors (Lipinski definition) is 3. The van der Waals surface area contributed by atoms with Gasteiger partial charge in [0.1, 0.15) is 6.04 Å². The van der Waals surface area contributed by atoms with Gasteiger partial charge in [-0.3, -0.25) is 4.79 Å². The summed E-state index contributed by atoms with van der Waals surface area (Å²) in [5, 5.41) is 21.4. The van der Waals surface area contributed by atoms with Crippen LogP contribution in [0.25, 0.3) is 0 Å². The number of nitrogens with one attached hydrogen (secondary N) is 1. The molecule has 0 bridgehead atoms. The zero-order chi connectivity index (χ0) is 11.8. The Morgan fingerprint density at radius 1 is 1.69 bits per heavy atom. The molecule has 16 heavy (non-hydrogen) atoms. The topological polar surface area (TPSA) is 78.8 Å². The van der Waals surface area contributed by atoms with Gasteiger partial charge in [0, 0.05) is 12.0 Å². The molecular weight excluding hydrogens is 209 g/mol. The van der Waals surface area contributed by atoms with E-state index in [-0.39, 0.29) is 18.4 Å². The smallest absolute Gasteiger partial charge is 0.321 e. The van der Waals surface area contributed by atoms with Crippen molar-refractivity contribution in [2.24, 2.45) is 5.41 Å². The van der Waals surface area contributed by atoms with E-state index in [1.807, 2.05) is 0 Å². The second kappa shape index (κ2) is 4.35. The Hall–Kier alpha value is -0.585. The Morgan fingerprint density at radius 2 is 2.44 bits per heavy atom. The molecule has 0 aliphatic carbocycles. The number of carboxylic acid groups (broad SMARTS) is 1. The lowest BCUT2D eigenvalue weighted by molar-refractivity contribution is -0.183. The second-order valence-electron chi connectivity index (χ2n) is 4.95.